The first-order valence-electron chi connectivity index (χ1n) is 8.19. The fourth-order valence-corrected chi connectivity index (χ4v) is 3.86. The second-order valence-electron chi connectivity index (χ2n) is 6.99. The number of carbonyl (C=O) groups excluding carboxylic acids is 1. The number of Topliss-reactive ketones (excluding diaryl/α,β-unsaturated/α-hetero) is 1. The van der Waals surface area contributed by atoms with Gasteiger partial charge in [0.25, 0.3) is 0 Å². The fraction of sp³-hybridized carbons (Fsp3) is 0.941. The second kappa shape index (κ2) is 6.73. The highest BCUT2D eigenvalue weighted by molar-refractivity contribution is 5.81. The van der Waals surface area contributed by atoms with Crippen molar-refractivity contribution in [2.75, 3.05) is 0 Å². The molecule has 0 radical (unpaired) electrons. The van der Waals surface area contributed by atoms with Gasteiger partial charge in [-0.25, -0.2) is 0 Å². The largest absolute Gasteiger partial charge is 0.299 e. The Balaban J connectivity index is 1.80. The number of carbonyl (C=O) groups is 1. The lowest BCUT2D eigenvalue weighted by molar-refractivity contribution is -0.125. The van der Waals surface area contributed by atoms with Crippen LogP contribution in [0.4, 0.5) is 0 Å². The first kappa shape index (κ1) is 14.1. The molecule has 0 aliphatic heterocycles. The van der Waals surface area contributed by atoms with Crippen LogP contribution < -0.4 is 0 Å². The lowest BCUT2D eigenvalue weighted by Crippen LogP contribution is -2.27. The van der Waals surface area contributed by atoms with Gasteiger partial charge >= 0.3 is 0 Å². The highest BCUT2D eigenvalue weighted by Crippen LogP contribution is 2.36. The Morgan fingerprint density at radius 2 is 1.56 bits per heavy atom. The third-order valence-corrected chi connectivity index (χ3v) is 5.52. The molecular formula is C17H30O. The number of hydrogen-bond donors (Lipinski definition) is 0. The molecule has 0 bridgehead atoms. The van der Waals surface area contributed by atoms with Crippen molar-refractivity contribution in [3.8, 4) is 0 Å². The molecule has 1 heteroatoms. The van der Waals surface area contributed by atoms with Crippen molar-refractivity contribution in [3.63, 3.8) is 0 Å². The lowest BCUT2D eigenvalue weighted by atomic mass is 9.73. The molecule has 0 heterocycles. The minimum absolute atomic E-state index is 0.402. The Labute approximate surface area is 113 Å². The van der Waals surface area contributed by atoms with E-state index in [9.17, 15) is 4.79 Å². The van der Waals surface area contributed by atoms with Gasteiger partial charge in [0.1, 0.15) is 5.78 Å². The molecule has 2 aliphatic carbocycles. The summed E-state index contributed by atoms with van der Waals surface area (Å²) in [7, 11) is 0. The molecule has 0 saturated heterocycles. The average Bonchev–Trinajstić information content (AvgIpc) is 2.61. The minimum Gasteiger partial charge on any atom is -0.299 e. The number of hydrogen-bond acceptors (Lipinski definition) is 1. The first-order chi connectivity index (χ1) is 8.66. The Bertz CT molecular complexity index is 263. The molecule has 104 valence electrons. The van der Waals surface area contributed by atoms with Gasteiger partial charge in [0.15, 0.2) is 0 Å². The van der Waals surface area contributed by atoms with Gasteiger partial charge in [0.05, 0.1) is 0 Å². The fourth-order valence-electron chi connectivity index (χ4n) is 3.86. The summed E-state index contributed by atoms with van der Waals surface area (Å²) in [5.74, 6) is 3.29. The van der Waals surface area contributed by atoms with E-state index < -0.39 is 0 Å². The summed E-state index contributed by atoms with van der Waals surface area (Å²) in [6.45, 7) is 4.67. The SMILES string of the molecule is CC1CCC(C(=O)CC2CCCCCC2)CC1C. The first-order valence-corrected chi connectivity index (χ1v) is 8.19. The van der Waals surface area contributed by atoms with E-state index in [2.05, 4.69) is 13.8 Å². The predicted octanol–water partition coefficient (Wildman–Crippen LogP) is 4.99. The van der Waals surface area contributed by atoms with Crippen molar-refractivity contribution in [2.45, 2.75) is 78.1 Å². The van der Waals surface area contributed by atoms with Gasteiger partial charge in [-0.05, 0) is 37.0 Å². The van der Waals surface area contributed by atoms with Crippen molar-refractivity contribution in [1.82, 2.24) is 0 Å². The Kier molecular flexibility index (Phi) is 5.26. The van der Waals surface area contributed by atoms with E-state index >= 15 is 0 Å². The van der Waals surface area contributed by atoms with E-state index in [0.29, 0.717) is 11.7 Å². The van der Waals surface area contributed by atoms with Crippen LogP contribution in [0.2, 0.25) is 0 Å². The monoisotopic (exact) mass is 250 g/mol. The molecule has 18 heavy (non-hydrogen) atoms. The normalized spacial score (nSPS) is 35.1. The predicted molar refractivity (Wildman–Crippen MR) is 76.5 cm³/mol. The van der Waals surface area contributed by atoms with E-state index in [1.54, 1.807) is 0 Å². The molecule has 0 aromatic carbocycles. The maximum Gasteiger partial charge on any atom is 0.136 e. The van der Waals surface area contributed by atoms with Crippen LogP contribution in [0.15, 0.2) is 0 Å². The summed E-state index contributed by atoms with van der Waals surface area (Å²) in [5.41, 5.74) is 0. The van der Waals surface area contributed by atoms with E-state index in [-0.39, 0.29) is 0 Å². The van der Waals surface area contributed by atoms with Crippen molar-refractivity contribution in [1.29, 1.82) is 0 Å². The highest BCUT2D eigenvalue weighted by Gasteiger charge is 2.30. The topological polar surface area (TPSA) is 17.1 Å². The highest BCUT2D eigenvalue weighted by atomic mass is 16.1. The maximum atomic E-state index is 12.4. The molecule has 2 saturated carbocycles. The third-order valence-electron chi connectivity index (χ3n) is 5.52. The summed E-state index contributed by atoms with van der Waals surface area (Å²) in [6.07, 6.45) is 12.6. The average molecular weight is 250 g/mol. The maximum absolute atomic E-state index is 12.4. The quantitative estimate of drug-likeness (QED) is 0.645. The van der Waals surface area contributed by atoms with Crippen molar-refractivity contribution >= 4 is 5.78 Å². The molecule has 3 atom stereocenters. The molecule has 0 N–H and O–H groups in total. The van der Waals surface area contributed by atoms with Crippen LogP contribution in [0, 0.1) is 23.7 Å². The van der Waals surface area contributed by atoms with E-state index in [0.717, 1.165) is 37.0 Å². The molecule has 1 nitrogen and oxygen atoms in total. The van der Waals surface area contributed by atoms with Crippen LogP contribution in [0.5, 0.6) is 0 Å². The molecule has 2 rings (SSSR count). The summed E-state index contributed by atoms with van der Waals surface area (Å²) < 4.78 is 0. The molecule has 3 unspecified atom stereocenters. The molecular weight excluding hydrogens is 220 g/mol. The van der Waals surface area contributed by atoms with Gasteiger partial charge < -0.3 is 0 Å². The van der Waals surface area contributed by atoms with Crippen LogP contribution >= 0.6 is 0 Å². The zero-order valence-corrected chi connectivity index (χ0v) is 12.3. The van der Waals surface area contributed by atoms with Crippen molar-refractivity contribution in [3.05, 3.63) is 0 Å². The molecule has 2 fully saturated rings. The third kappa shape index (κ3) is 3.83. The van der Waals surface area contributed by atoms with Gasteiger partial charge in [-0.15, -0.1) is 0 Å². The van der Waals surface area contributed by atoms with E-state index in [1.165, 1.54) is 44.9 Å². The molecule has 0 aromatic rings. The van der Waals surface area contributed by atoms with Gasteiger partial charge in [-0.1, -0.05) is 52.4 Å². The van der Waals surface area contributed by atoms with E-state index in [1.807, 2.05) is 0 Å². The molecule has 0 spiro atoms. The summed E-state index contributed by atoms with van der Waals surface area (Å²) in [4.78, 5) is 12.4. The standard InChI is InChI=1S/C17H30O/c1-13-9-10-16(11-14(13)2)17(18)12-15-7-5-3-4-6-8-15/h13-16H,3-12H2,1-2H3. The molecule has 2 aliphatic rings. The zero-order chi connectivity index (χ0) is 13.0. The second-order valence-corrected chi connectivity index (χ2v) is 6.99. The van der Waals surface area contributed by atoms with Crippen LogP contribution in [0.1, 0.15) is 78.1 Å². The Morgan fingerprint density at radius 3 is 2.17 bits per heavy atom. The minimum atomic E-state index is 0.402. The summed E-state index contributed by atoms with van der Waals surface area (Å²) >= 11 is 0. The van der Waals surface area contributed by atoms with Crippen LogP contribution in [0.25, 0.3) is 0 Å². The summed E-state index contributed by atoms with van der Waals surface area (Å²) in [5, 5.41) is 0. The van der Waals surface area contributed by atoms with Crippen LogP contribution in [-0.4, -0.2) is 5.78 Å². The smallest absolute Gasteiger partial charge is 0.136 e. The van der Waals surface area contributed by atoms with Gasteiger partial charge in [-0.2, -0.15) is 0 Å². The van der Waals surface area contributed by atoms with Gasteiger partial charge in [0, 0.05) is 12.3 Å². The van der Waals surface area contributed by atoms with Crippen LogP contribution in [0.3, 0.4) is 0 Å². The van der Waals surface area contributed by atoms with Crippen molar-refractivity contribution < 1.29 is 4.79 Å². The number of ketones is 1. The van der Waals surface area contributed by atoms with Crippen molar-refractivity contribution in [2.24, 2.45) is 23.7 Å². The van der Waals surface area contributed by atoms with E-state index in [4.69, 9.17) is 0 Å². The van der Waals surface area contributed by atoms with Gasteiger partial charge in [0.2, 0.25) is 0 Å². The Morgan fingerprint density at radius 1 is 0.889 bits per heavy atom. The molecule has 0 aromatic heterocycles. The van der Waals surface area contributed by atoms with Gasteiger partial charge in [-0.3, -0.25) is 4.79 Å². The molecule has 0 amide bonds. The number of rotatable bonds is 3. The zero-order valence-electron chi connectivity index (χ0n) is 12.3. The van der Waals surface area contributed by atoms with Crippen LogP contribution in [-0.2, 0) is 4.79 Å². The lowest BCUT2D eigenvalue weighted by Gasteiger charge is -2.31. The Hall–Kier alpha value is -0.330. The summed E-state index contributed by atoms with van der Waals surface area (Å²) in [6, 6.07) is 0.